The van der Waals surface area contributed by atoms with Gasteiger partial charge in [-0.2, -0.15) is 0 Å². The molecular formula is C27H32F3N5O2. The standard InChI is InChI=1S/C27H32F3N5O2/c1-16-8-17(31)14-35(13-16)24-6-7-32-12-23(24)33-11-18-4-5-20(28)26(34-18)25-21(29)9-19(10-22(25)30)37-15-27(2,3)36/h4-7,9-10,12,16-17,33,36H,8,11,13-15,31H2,1-3H3. The molecular weight excluding hydrogens is 483 g/mol. The number of anilines is 2. The van der Waals surface area contributed by atoms with E-state index in [4.69, 9.17) is 10.5 Å². The van der Waals surface area contributed by atoms with E-state index >= 15 is 0 Å². The molecule has 1 fully saturated rings. The molecule has 37 heavy (non-hydrogen) atoms. The lowest BCUT2D eigenvalue weighted by molar-refractivity contribution is 0.0282. The molecule has 2 atom stereocenters. The molecule has 198 valence electrons. The van der Waals surface area contributed by atoms with E-state index in [-0.39, 0.29) is 24.9 Å². The van der Waals surface area contributed by atoms with Crippen LogP contribution in [-0.2, 0) is 6.54 Å². The number of hydrogen-bond donors (Lipinski definition) is 3. The van der Waals surface area contributed by atoms with E-state index in [2.05, 4.69) is 27.1 Å². The van der Waals surface area contributed by atoms with Crippen molar-refractivity contribution in [2.24, 2.45) is 11.7 Å². The lowest BCUT2D eigenvalue weighted by Gasteiger charge is -2.37. The van der Waals surface area contributed by atoms with Crippen molar-refractivity contribution in [3.63, 3.8) is 0 Å². The molecule has 2 aromatic heterocycles. The molecule has 1 aliphatic heterocycles. The van der Waals surface area contributed by atoms with Gasteiger partial charge in [0, 0.05) is 37.5 Å². The Balaban J connectivity index is 1.55. The number of ether oxygens (including phenoxy) is 1. The van der Waals surface area contributed by atoms with Gasteiger partial charge in [0.05, 0.1) is 41.0 Å². The van der Waals surface area contributed by atoms with E-state index < -0.39 is 34.3 Å². The summed E-state index contributed by atoms with van der Waals surface area (Å²) in [5, 5.41) is 13.0. The summed E-state index contributed by atoms with van der Waals surface area (Å²) in [6.45, 7) is 6.76. The van der Waals surface area contributed by atoms with E-state index in [1.807, 2.05) is 6.07 Å². The van der Waals surface area contributed by atoms with Gasteiger partial charge < -0.3 is 25.8 Å². The highest BCUT2D eigenvalue weighted by Gasteiger charge is 2.24. The first kappa shape index (κ1) is 26.7. The lowest BCUT2D eigenvalue weighted by Crippen LogP contribution is -2.46. The maximum atomic E-state index is 14.9. The molecule has 1 saturated heterocycles. The minimum atomic E-state index is -1.19. The first-order valence-corrected chi connectivity index (χ1v) is 12.2. The van der Waals surface area contributed by atoms with Gasteiger partial charge in [-0.3, -0.25) is 4.98 Å². The van der Waals surface area contributed by atoms with E-state index in [0.717, 1.165) is 49.1 Å². The number of benzene rings is 1. The molecule has 10 heteroatoms. The summed E-state index contributed by atoms with van der Waals surface area (Å²) in [6, 6.07) is 6.46. The zero-order chi connectivity index (χ0) is 26.7. The number of nitrogens with one attached hydrogen (secondary N) is 1. The van der Waals surface area contributed by atoms with Crippen LogP contribution in [0.3, 0.4) is 0 Å². The van der Waals surface area contributed by atoms with Gasteiger partial charge in [-0.25, -0.2) is 18.2 Å². The Kier molecular flexibility index (Phi) is 7.89. The minimum absolute atomic E-state index is 0.0720. The highest BCUT2D eigenvalue weighted by Crippen LogP contribution is 2.32. The number of piperidine rings is 1. The van der Waals surface area contributed by atoms with Crippen molar-refractivity contribution in [3.05, 3.63) is 65.9 Å². The van der Waals surface area contributed by atoms with Crippen molar-refractivity contribution in [2.75, 3.05) is 29.9 Å². The maximum absolute atomic E-state index is 14.9. The van der Waals surface area contributed by atoms with Crippen molar-refractivity contribution in [3.8, 4) is 17.0 Å². The van der Waals surface area contributed by atoms with E-state index in [0.29, 0.717) is 11.6 Å². The van der Waals surface area contributed by atoms with Crippen LogP contribution in [0.1, 0.15) is 32.9 Å². The summed E-state index contributed by atoms with van der Waals surface area (Å²) in [5.74, 6) is -2.57. The van der Waals surface area contributed by atoms with E-state index in [1.165, 1.54) is 19.9 Å². The SMILES string of the molecule is CC1CC(N)CN(c2ccncc2NCc2ccc(F)c(-c3c(F)cc(OCC(C)(C)O)cc3F)n2)C1. The maximum Gasteiger partial charge on any atom is 0.149 e. The summed E-state index contributed by atoms with van der Waals surface area (Å²) < 4.78 is 49.7. The van der Waals surface area contributed by atoms with Gasteiger partial charge in [0.15, 0.2) is 0 Å². The van der Waals surface area contributed by atoms with Crippen LogP contribution in [0.15, 0.2) is 42.7 Å². The number of aliphatic hydroxyl groups is 1. The molecule has 3 aromatic rings. The molecule has 4 N–H and O–H groups in total. The fraction of sp³-hybridized carbons (Fsp3) is 0.407. The van der Waals surface area contributed by atoms with E-state index in [9.17, 15) is 18.3 Å². The quantitative estimate of drug-likeness (QED) is 0.407. The molecule has 2 unspecified atom stereocenters. The van der Waals surface area contributed by atoms with Crippen LogP contribution >= 0.6 is 0 Å². The summed E-state index contributed by atoms with van der Waals surface area (Å²) >= 11 is 0. The second-order valence-electron chi connectivity index (χ2n) is 10.2. The molecule has 4 rings (SSSR count). The van der Waals surface area contributed by atoms with Gasteiger partial charge in [-0.15, -0.1) is 0 Å². The molecule has 7 nitrogen and oxygen atoms in total. The number of aromatic nitrogens is 2. The second-order valence-corrected chi connectivity index (χ2v) is 10.2. The van der Waals surface area contributed by atoms with Crippen LogP contribution in [0.25, 0.3) is 11.3 Å². The summed E-state index contributed by atoms with van der Waals surface area (Å²) in [5.41, 5.74) is 6.08. The zero-order valence-electron chi connectivity index (χ0n) is 21.1. The minimum Gasteiger partial charge on any atom is -0.490 e. The fourth-order valence-corrected chi connectivity index (χ4v) is 4.46. The highest BCUT2D eigenvalue weighted by molar-refractivity contribution is 5.69. The Morgan fingerprint density at radius 2 is 1.86 bits per heavy atom. The Bertz CT molecular complexity index is 1220. The number of halogens is 3. The Hall–Kier alpha value is -3.37. The van der Waals surface area contributed by atoms with Crippen LogP contribution in [-0.4, -0.2) is 46.4 Å². The van der Waals surface area contributed by atoms with Crippen molar-refractivity contribution in [2.45, 2.75) is 45.4 Å². The lowest BCUT2D eigenvalue weighted by atomic mass is 9.96. The van der Waals surface area contributed by atoms with Crippen LogP contribution in [0, 0.1) is 23.4 Å². The van der Waals surface area contributed by atoms with Gasteiger partial charge in [-0.05, 0) is 44.4 Å². The highest BCUT2D eigenvalue weighted by atomic mass is 19.1. The smallest absolute Gasteiger partial charge is 0.149 e. The van der Waals surface area contributed by atoms with Gasteiger partial charge in [0.25, 0.3) is 0 Å². The van der Waals surface area contributed by atoms with Crippen LogP contribution in [0.5, 0.6) is 5.75 Å². The summed E-state index contributed by atoms with van der Waals surface area (Å²) in [4.78, 5) is 10.6. The number of nitrogens with two attached hydrogens (primary N) is 1. The number of nitrogens with zero attached hydrogens (tertiary/aromatic N) is 3. The van der Waals surface area contributed by atoms with Crippen molar-refractivity contribution in [1.29, 1.82) is 0 Å². The predicted octanol–water partition coefficient (Wildman–Crippen LogP) is 4.50. The Labute approximate surface area is 214 Å². The van der Waals surface area contributed by atoms with Crippen molar-refractivity contribution < 1.29 is 23.0 Å². The first-order chi connectivity index (χ1) is 17.5. The van der Waals surface area contributed by atoms with Crippen molar-refractivity contribution in [1.82, 2.24) is 9.97 Å². The predicted molar refractivity (Wildman–Crippen MR) is 137 cm³/mol. The third kappa shape index (κ3) is 6.69. The molecule has 0 bridgehead atoms. The largest absolute Gasteiger partial charge is 0.490 e. The molecule has 0 aliphatic carbocycles. The molecule has 3 heterocycles. The van der Waals surface area contributed by atoms with Gasteiger partial charge >= 0.3 is 0 Å². The number of pyridine rings is 2. The molecule has 1 aliphatic rings. The molecule has 0 spiro atoms. The number of hydrogen-bond acceptors (Lipinski definition) is 7. The first-order valence-electron chi connectivity index (χ1n) is 12.2. The molecule has 1 aromatic carbocycles. The molecule has 0 radical (unpaired) electrons. The fourth-order valence-electron chi connectivity index (χ4n) is 4.46. The summed E-state index contributed by atoms with van der Waals surface area (Å²) in [6.07, 6.45) is 4.36. The topological polar surface area (TPSA) is 96.5 Å². The second kappa shape index (κ2) is 10.9. The van der Waals surface area contributed by atoms with Gasteiger partial charge in [-0.1, -0.05) is 6.92 Å². The number of rotatable bonds is 8. The van der Waals surface area contributed by atoms with Gasteiger partial charge in [0.2, 0.25) is 0 Å². The zero-order valence-corrected chi connectivity index (χ0v) is 21.1. The average Bonchev–Trinajstić information content (AvgIpc) is 2.82. The third-order valence-corrected chi connectivity index (χ3v) is 6.04. The van der Waals surface area contributed by atoms with E-state index in [1.54, 1.807) is 12.4 Å². The van der Waals surface area contributed by atoms with Crippen LogP contribution in [0.4, 0.5) is 24.5 Å². The molecule has 0 saturated carbocycles. The Morgan fingerprint density at radius 3 is 2.54 bits per heavy atom. The molecule has 0 amide bonds. The monoisotopic (exact) mass is 515 g/mol. The van der Waals surface area contributed by atoms with Crippen LogP contribution in [0.2, 0.25) is 0 Å². The van der Waals surface area contributed by atoms with Crippen LogP contribution < -0.4 is 20.7 Å². The normalized spacial score (nSPS) is 18.1. The Morgan fingerprint density at radius 1 is 1.14 bits per heavy atom. The average molecular weight is 516 g/mol. The van der Waals surface area contributed by atoms with Crippen molar-refractivity contribution >= 4 is 11.4 Å². The van der Waals surface area contributed by atoms with Gasteiger partial charge in [0.1, 0.15) is 35.5 Å². The third-order valence-electron chi connectivity index (χ3n) is 6.04. The summed E-state index contributed by atoms with van der Waals surface area (Å²) in [7, 11) is 0.